The van der Waals surface area contributed by atoms with E-state index in [1.165, 1.54) is 6.42 Å². The Balaban J connectivity index is 2.00. The van der Waals surface area contributed by atoms with Crippen LogP contribution >= 0.6 is 0 Å². The van der Waals surface area contributed by atoms with Crippen molar-refractivity contribution in [1.82, 2.24) is 14.0 Å². The Kier molecular flexibility index (Phi) is 4.74. The van der Waals surface area contributed by atoms with Crippen LogP contribution in [0.2, 0.25) is 0 Å². The number of carbonyl (C=O) groups excluding carboxylic acids is 1. The third-order valence-corrected chi connectivity index (χ3v) is 5.53. The van der Waals surface area contributed by atoms with E-state index >= 15 is 0 Å². The first-order valence-corrected chi connectivity index (χ1v) is 9.52. The van der Waals surface area contributed by atoms with E-state index in [0.717, 1.165) is 42.2 Å². The van der Waals surface area contributed by atoms with E-state index in [0.29, 0.717) is 24.2 Å². The van der Waals surface area contributed by atoms with Gasteiger partial charge in [0.15, 0.2) is 0 Å². The lowest BCUT2D eigenvalue weighted by molar-refractivity contribution is 0.0725. The molecule has 0 aliphatic carbocycles. The van der Waals surface area contributed by atoms with Crippen molar-refractivity contribution >= 4 is 27.7 Å². The summed E-state index contributed by atoms with van der Waals surface area (Å²) in [4.78, 5) is 28.4. The number of para-hydroxylation sites is 1. The number of nitrogens with zero attached hydrogens (tertiary/aromatic N) is 3. The molecule has 142 valence electrons. The van der Waals surface area contributed by atoms with Gasteiger partial charge in [-0.25, -0.2) is 0 Å². The molecule has 3 aromatic rings. The van der Waals surface area contributed by atoms with Gasteiger partial charge >= 0.3 is 0 Å². The highest BCUT2D eigenvalue weighted by Gasteiger charge is 2.25. The zero-order valence-electron chi connectivity index (χ0n) is 15.9. The van der Waals surface area contributed by atoms with Gasteiger partial charge in [-0.15, -0.1) is 0 Å². The van der Waals surface area contributed by atoms with E-state index in [9.17, 15) is 9.59 Å². The number of fused-ring (bicyclic) bond motifs is 3. The van der Waals surface area contributed by atoms with Gasteiger partial charge in [0.25, 0.3) is 11.5 Å². The highest BCUT2D eigenvalue weighted by atomic mass is 16.5. The van der Waals surface area contributed by atoms with Crippen molar-refractivity contribution in [3.8, 4) is 0 Å². The summed E-state index contributed by atoms with van der Waals surface area (Å²) in [5.41, 5.74) is 2.06. The molecule has 1 aromatic carbocycles. The molecule has 0 spiro atoms. The van der Waals surface area contributed by atoms with Crippen LogP contribution in [0.4, 0.5) is 0 Å². The third-order valence-electron chi connectivity index (χ3n) is 5.53. The van der Waals surface area contributed by atoms with Crippen molar-refractivity contribution in [3.63, 3.8) is 0 Å². The summed E-state index contributed by atoms with van der Waals surface area (Å²) in [5.74, 6) is 0.0159. The Hall–Kier alpha value is -2.60. The van der Waals surface area contributed by atoms with Crippen LogP contribution in [-0.4, -0.2) is 46.7 Å². The number of carbonyl (C=O) groups is 1. The number of piperidine rings is 1. The second-order valence-corrected chi connectivity index (χ2v) is 7.19. The molecule has 1 amide bonds. The molecule has 0 radical (unpaired) electrons. The number of methoxy groups -OCH3 is 1. The number of aromatic nitrogens is 2. The zero-order chi connectivity index (χ0) is 19.0. The van der Waals surface area contributed by atoms with Crippen LogP contribution in [-0.2, 0) is 18.3 Å². The molecule has 1 fully saturated rings. The second-order valence-electron chi connectivity index (χ2n) is 7.19. The first-order chi connectivity index (χ1) is 13.1. The summed E-state index contributed by atoms with van der Waals surface area (Å²) in [5, 5.41) is 1.72. The van der Waals surface area contributed by atoms with Gasteiger partial charge in [-0.2, -0.15) is 0 Å². The number of hydrogen-bond acceptors (Lipinski definition) is 3. The van der Waals surface area contributed by atoms with Crippen molar-refractivity contribution in [2.45, 2.75) is 25.8 Å². The van der Waals surface area contributed by atoms with Gasteiger partial charge in [0, 0.05) is 56.3 Å². The fraction of sp³-hybridized carbons (Fsp3) is 0.429. The van der Waals surface area contributed by atoms with Gasteiger partial charge in [-0.05, 0) is 25.3 Å². The SMILES string of the molecule is COCCn1cc(C(=O)N2CCCCC2)c2c3ccccc3n(C)c2c1=O. The van der Waals surface area contributed by atoms with Crippen LogP contribution in [0.15, 0.2) is 35.3 Å². The molecule has 0 bridgehead atoms. The number of likely N-dealkylation sites (tertiary alicyclic amines) is 1. The van der Waals surface area contributed by atoms with E-state index < -0.39 is 0 Å². The maximum Gasteiger partial charge on any atom is 0.275 e. The lowest BCUT2D eigenvalue weighted by Crippen LogP contribution is -2.36. The molecular weight excluding hydrogens is 342 g/mol. The minimum atomic E-state index is -0.0871. The first kappa shape index (κ1) is 17.8. The number of amides is 1. The van der Waals surface area contributed by atoms with Gasteiger partial charge in [-0.3, -0.25) is 9.59 Å². The average Bonchev–Trinajstić information content (AvgIpc) is 3.01. The molecule has 1 aliphatic heterocycles. The molecule has 1 aliphatic rings. The van der Waals surface area contributed by atoms with Crippen LogP contribution in [0.5, 0.6) is 0 Å². The molecule has 1 saturated heterocycles. The molecule has 4 rings (SSSR count). The first-order valence-electron chi connectivity index (χ1n) is 9.52. The number of benzene rings is 1. The highest BCUT2D eigenvalue weighted by Crippen LogP contribution is 2.30. The van der Waals surface area contributed by atoms with Crippen molar-refractivity contribution in [1.29, 1.82) is 0 Å². The molecule has 6 heteroatoms. The maximum atomic E-state index is 13.4. The van der Waals surface area contributed by atoms with Crippen LogP contribution in [0.3, 0.4) is 0 Å². The minimum Gasteiger partial charge on any atom is -0.383 e. The van der Waals surface area contributed by atoms with Gasteiger partial charge < -0.3 is 18.8 Å². The van der Waals surface area contributed by atoms with Gasteiger partial charge in [0.1, 0.15) is 5.52 Å². The van der Waals surface area contributed by atoms with Gasteiger partial charge in [0.05, 0.1) is 12.2 Å². The Morgan fingerprint density at radius 3 is 2.63 bits per heavy atom. The molecule has 0 N–H and O–H groups in total. The Morgan fingerprint density at radius 2 is 1.89 bits per heavy atom. The summed E-state index contributed by atoms with van der Waals surface area (Å²) in [6.45, 7) is 2.41. The van der Waals surface area contributed by atoms with Gasteiger partial charge in [0.2, 0.25) is 0 Å². The van der Waals surface area contributed by atoms with Crippen LogP contribution in [0.25, 0.3) is 21.8 Å². The molecule has 27 heavy (non-hydrogen) atoms. The summed E-state index contributed by atoms with van der Waals surface area (Å²) in [6.07, 6.45) is 4.97. The number of pyridine rings is 1. The van der Waals surface area contributed by atoms with Crippen LogP contribution in [0.1, 0.15) is 29.6 Å². The number of ether oxygens (including phenoxy) is 1. The fourth-order valence-electron chi connectivity index (χ4n) is 4.12. The van der Waals surface area contributed by atoms with Crippen molar-refractivity contribution in [2.24, 2.45) is 7.05 Å². The quantitative estimate of drug-likeness (QED) is 0.712. The van der Waals surface area contributed by atoms with Crippen molar-refractivity contribution in [2.75, 3.05) is 26.8 Å². The molecule has 6 nitrogen and oxygen atoms in total. The number of aryl methyl sites for hydroxylation is 1. The normalized spacial score (nSPS) is 15.0. The molecule has 2 aromatic heterocycles. The summed E-state index contributed by atoms with van der Waals surface area (Å²) in [7, 11) is 3.50. The van der Waals surface area contributed by atoms with E-state index in [2.05, 4.69) is 0 Å². The topological polar surface area (TPSA) is 56.5 Å². The minimum absolute atomic E-state index is 0.0159. The van der Waals surface area contributed by atoms with Crippen molar-refractivity contribution in [3.05, 3.63) is 46.4 Å². The average molecular weight is 367 g/mol. The van der Waals surface area contributed by atoms with E-state index in [-0.39, 0.29) is 11.5 Å². The van der Waals surface area contributed by atoms with E-state index in [1.54, 1.807) is 17.9 Å². The van der Waals surface area contributed by atoms with E-state index in [1.807, 2.05) is 40.8 Å². The predicted molar refractivity (Wildman–Crippen MR) is 106 cm³/mol. The second kappa shape index (κ2) is 7.19. The summed E-state index contributed by atoms with van der Waals surface area (Å²) >= 11 is 0. The lowest BCUT2D eigenvalue weighted by atomic mass is 10.1. The van der Waals surface area contributed by atoms with Crippen LogP contribution in [0, 0.1) is 0 Å². The third kappa shape index (κ3) is 2.94. The number of hydrogen-bond donors (Lipinski definition) is 0. The smallest absolute Gasteiger partial charge is 0.275 e. The fourth-order valence-corrected chi connectivity index (χ4v) is 4.12. The Morgan fingerprint density at radius 1 is 1.15 bits per heavy atom. The zero-order valence-corrected chi connectivity index (χ0v) is 15.9. The highest BCUT2D eigenvalue weighted by molar-refractivity contribution is 6.17. The lowest BCUT2D eigenvalue weighted by Gasteiger charge is -2.27. The standard InChI is InChI=1S/C21H25N3O3/c1-22-17-9-5-4-8-15(17)18-16(20(25)23-10-6-3-7-11-23)14-24(12-13-27-2)21(26)19(18)22/h4-5,8-9,14H,3,6-7,10-13H2,1-2H3. The summed E-state index contributed by atoms with van der Waals surface area (Å²) in [6, 6.07) is 7.89. The molecule has 0 unspecified atom stereocenters. The predicted octanol–water partition coefficient (Wildman–Crippen LogP) is 2.77. The van der Waals surface area contributed by atoms with Crippen LogP contribution < -0.4 is 5.56 Å². The maximum absolute atomic E-state index is 13.4. The molecular formula is C21H25N3O3. The van der Waals surface area contributed by atoms with Gasteiger partial charge in [-0.1, -0.05) is 18.2 Å². The molecule has 0 atom stereocenters. The Bertz CT molecular complexity index is 1060. The van der Waals surface area contributed by atoms with E-state index in [4.69, 9.17) is 4.74 Å². The largest absolute Gasteiger partial charge is 0.383 e. The molecule has 3 heterocycles. The monoisotopic (exact) mass is 367 g/mol. The summed E-state index contributed by atoms with van der Waals surface area (Å²) < 4.78 is 8.68. The number of rotatable bonds is 4. The molecule has 0 saturated carbocycles. The van der Waals surface area contributed by atoms with Crippen molar-refractivity contribution < 1.29 is 9.53 Å². The Labute approximate surface area is 157 Å².